The van der Waals surface area contributed by atoms with E-state index in [4.69, 9.17) is 4.74 Å². The first-order chi connectivity index (χ1) is 7.36. The van der Waals surface area contributed by atoms with E-state index in [2.05, 4.69) is 4.98 Å². The lowest BCUT2D eigenvalue weighted by molar-refractivity contribution is 0.101. The molecule has 1 aliphatic heterocycles. The number of rotatable bonds is 4. The smallest absolute Gasteiger partial charge is 0.253 e. The number of hydrogen-bond acceptors (Lipinski definition) is 3. The van der Waals surface area contributed by atoms with E-state index < -0.39 is 0 Å². The van der Waals surface area contributed by atoms with E-state index in [1.807, 2.05) is 0 Å². The summed E-state index contributed by atoms with van der Waals surface area (Å²) in [5.74, 6) is 0. The van der Waals surface area contributed by atoms with Gasteiger partial charge in [0.05, 0.1) is 12.4 Å². The molecule has 1 fully saturated rings. The molecule has 1 aromatic heterocycles. The fourth-order valence-electron chi connectivity index (χ4n) is 1.91. The van der Waals surface area contributed by atoms with Crippen molar-refractivity contribution in [1.82, 2.24) is 9.55 Å². The van der Waals surface area contributed by atoms with Gasteiger partial charge < -0.3 is 4.74 Å². The molecule has 2 heterocycles. The van der Waals surface area contributed by atoms with E-state index in [1.165, 1.54) is 25.1 Å². The summed E-state index contributed by atoms with van der Waals surface area (Å²) in [5, 5.41) is 0. The van der Waals surface area contributed by atoms with Gasteiger partial charge in [-0.3, -0.25) is 9.36 Å². The largest absolute Gasteiger partial charge is 0.378 e. The molecular formula is C11H16N2O2. The van der Waals surface area contributed by atoms with Crippen LogP contribution in [0.15, 0.2) is 23.4 Å². The van der Waals surface area contributed by atoms with Gasteiger partial charge in [-0.15, -0.1) is 0 Å². The van der Waals surface area contributed by atoms with Gasteiger partial charge >= 0.3 is 0 Å². The van der Waals surface area contributed by atoms with E-state index >= 15 is 0 Å². The van der Waals surface area contributed by atoms with Crippen molar-refractivity contribution >= 4 is 0 Å². The molecular weight excluding hydrogens is 192 g/mol. The Morgan fingerprint density at radius 2 is 2.53 bits per heavy atom. The first-order valence-electron chi connectivity index (χ1n) is 5.48. The zero-order chi connectivity index (χ0) is 10.5. The van der Waals surface area contributed by atoms with Gasteiger partial charge in [0.1, 0.15) is 0 Å². The minimum Gasteiger partial charge on any atom is -0.378 e. The van der Waals surface area contributed by atoms with Crippen LogP contribution in [0.25, 0.3) is 0 Å². The van der Waals surface area contributed by atoms with Crippen LogP contribution < -0.4 is 5.56 Å². The fraction of sp³-hybridized carbons (Fsp3) is 0.636. The summed E-state index contributed by atoms with van der Waals surface area (Å²) in [7, 11) is 0. The van der Waals surface area contributed by atoms with Crippen molar-refractivity contribution in [2.75, 3.05) is 6.61 Å². The molecule has 0 saturated carbocycles. The molecule has 4 nitrogen and oxygen atoms in total. The summed E-state index contributed by atoms with van der Waals surface area (Å²) in [6.07, 6.45) is 7.91. The second-order valence-electron chi connectivity index (χ2n) is 3.89. The minimum atomic E-state index is 0.0253. The van der Waals surface area contributed by atoms with Gasteiger partial charge in [0.15, 0.2) is 0 Å². The summed E-state index contributed by atoms with van der Waals surface area (Å²) in [5.41, 5.74) is 0.0253. The Labute approximate surface area is 88.9 Å². The van der Waals surface area contributed by atoms with E-state index in [-0.39, 0.29) is 5.56 Å². The Morgan fingerprint density at radius 1 is 1.60 bits per heavy atom. The second kappa shape index (κ2) is 5.07. The van der Waals surface area contributed by atoms with Crippen LogP contribution in [0.3, 0.4) is 0 Å². The van der Waals surface area contributed by atoms with E-state index in [0.29, 0.717) is 6.10 Å². The van der Waals surface area contributed by atoms with Crippen LogP contribution in [-0.4, -0.2) is 22.3 Å². The summed E-state index contributed by atoms with van der Waals surface area (Å²) < 4.78 is 7.17. The second-order valence-corrected chi connectivity index (χ2v) is 3.89. The molecule has 0 amide bonds. The number of ether oxygens (including phenoxy) is 1. The van der Waals surface area contributed by atoms with E-state index in [9.17, 15) is 4.79 Å². The highest BCUT2D eigenvalue weighted by atomic mass is 16.5. The van der Waals surface area contributed by atoms with Crippen LogP contribution in [0.4, 0.5) is 0 Å². The van der Waals surface area contributed by atoms with Gasteiger partial charge in [-0.2, -0.15) is 0 Å². The highest BCUT2D eigenvalue weighted by Crippen LogP contribution is 2.16. The van der Waals surface area contributed by atoms with Crippen LogP contribution in [0.1, 0.15) is 25.7 Å². The zero-order valence-electron chi connectivity index (χ0n) is 8.76. The molecule has 1 atom stereocenters. The van der Waals surface area contributed by atoms with Crippen molar-refractivity contribution in [2.24, 2.45) is 0 Å². The highest BCUT2D eigenvalue weighted by molar-refractivity contribution is 4.81. The summed E-state index contributed by atoms with van der Waals surface area (Å²) in [6.45, 7) is 1.64. The average molecular weight is 208 g/mol. The van der Waals surface area contributed by atoms with Crippen molar-refractivity contribution in [2.45, 2.75) is 38.3 Å². The van der Waals surface area contributed by atoms with Gasteiger partial charge in [-0.1, -0.05) is 0 Å². The maximum absolute atomic E-state index is 11.3. The van der Waals surface area contributed by atoms with Crippen molar-refractivity contribution in [1.29, 1.82) is 0 Å². The molecule has 0 radical (unpaired) electrons. The average Bonchev–Trinajstić information content (AvgIpc) is 2.74. The van der Waals surface area contributed by atoms with Crippen LogP contribution in [0.5, 0.6) is 0 Å². The Hall–Kier alpha value is -1.16. The Balaban J connectivity index is 1.78. The van der Waals surface area contributed by atoms with Gasteiger partial charge in [0, 0.05) is 25.4 Å². The molecule has 0 aromatic carbocycles. The molecule has 0 bridgehead atoms. The monoisotopic (exact) mass is 208 g/mol. The number of aromatic nitrogens is 2. The maximum atomic E-state index is 11.3. The maximum Gasteiger partial charge on any atom is 0.253 e. The fourth-order valence-corrected chi connectivity index (χ4v) is 1.91. The van der Waals surface area contributed by atoms with Gasteiger partial charge in [0.25, 0.3) is 5.56 Å². The predicted octanol–water partition coefficient (Wildman–Crippen LogP) is 1.20. The topological polar surface area (TPSA) is 44.1 Å². The quantitative estimate of drug-likeness (QED) is 0.746. The lowest BCUT2D eigenvalue weighted by Gasteiger charge is -2.09. The van der Waals surface area contributed by atoms with Crippen LogP contribution >= 0.6 is 0 Å². The van der Waals surface area contributed by atoms with Crippen molar-refractivity contribution < 1.29 is 4.74 Å². The van der Waals surface area contributed by atoms with Gasteiger partial charge in [-0.05, 0) is 25.7 Å². The van der Waals surface area contributed by atoms with Gasteiger partial charge in [0.2, 0.25) is 0 Å². The molecule has 0 aliphatic carbocycles. The first-order valence-corrected chi connectivity index (χ1v) is 5.48. The van der Waals surface area contributed by atoms with Crippen molar-refractivity contribution in [3.05, 3.63) is 28.9 Å². The van der Waals surface area contributed by atoms with E-state index in [1.54, 1.807) is 10.9 Å². The summed E-state index contributed by atoms with van der Waals surface area (Å²) in [6, 6.07) is 1.49. The number of hydrogen-bond donors (Lipinski definition) is 0. The first kappa shape index (κ1) is 10.4. The molecule has 4 heteroatoms. The molecule has 0 spiro atoms. The molecule has 1 aromatic rings. The Morgan fingerprint density at radius 3 is 3.27 bits per heavy atom. The summed E-state index contributed by atoms with van der Waals surface area (Å²) in [4.78, 5) is 15.3. The zero-order valence-corrected chi connectivity index (χ0v) is 8.76. The highest BCUT2D eigenvalue weighted by Gasteiger charge is 2.14. The Bertz CT molecular complexity index is 356. The summed E-state index contributed by atoms with van der Waals surface area (Å²) >= 11 is 0. The molecule has 1 aliphatic rings. The molecule has 2 rings (SSSR count). The Kier molecular flexibility index (Phi) is 3.50. The third-order valence-corrected chi connectivity index (χ3v) is 2.74. The van der Waals surface area contributed by atoms with Gasteiger partial charge in [-0.25, -0.2) is 4.98 Å². The SMILES string of the molecule is O=c1ccncn1CCCC1CCCO1. The van der Waals surface area contributed by atoms with Crippen LogP contribution in [0.2, 0.25) is 0 Å². The predicted molar refractivity (Wildman–Crippen MR) is 56.7 cm³/mol. The molecule has 15 heavy (non-hydrogen) atoms. The molecule has 82 valence electrons. The number of aryl methyl sites for hydroxylation is 1. The molecule has 0 N–H and O–H groups in total. The van der Waals surface area contributed by atoms with Crippen molar-refractivity contribution in [3.8, 4) is 0 Å². The van der Waals surface area contributed by atoms with Crippen LogP contribution in [-0.2, 0) is 11.3 Å². The molecule has 1 saturated heterocycles. The lowest BCUT2D eigenvalue weighted by Crippen LogP contribution is -2.19. The molecule has 1 unspecified atom stereocenters. The third kappa shape index (κ3) is 2.89. The van der Waals surface area contributed by atoms with Crippen LogP contribution in [0, 0.1) is 0 Å². The normalized spacial score (nSPS) is 20.7. The lowest BCUT2D eigenvalue weighted by atomic mass is 10.1. The van der Waals surface area contributed by atoms with Crippen molar-refractivity contribution in [3.63, 3.8) is 0 Å². The minimum absolute atomic E-state index is 0.0253. The standard InChI is InChI=1S/C11H16N2O2/c14-11-5-6-12-9-13(11)7-1-3-10-4-2-8-15-10/h5-6,9-10H,1-4,7-8H2. The third-order valence-electron chi connectivity index (χ3n) is 2.74. The number of nitrogens with zero attached hydrogens (tertiary/aromatic N) is 2. The van der Waals surface area contributed by atoms with E-state index in [0.717, 1.165) is 26.0 Å².